The Morgan fingerprint density at radius 2 is 1.64 bits per heavy atom. The van der Waals surface area contributed by atoms with Crippen molar-refractivity contribution in [1.29, 1.82) is 0 Å². The fourth-order valence-electron chi connectivity index (χ4n) is 6.33. The first kappa shape index (κ1) is 31.8. The van der Waals surface area contributed by atoms with Crippen LogP contribution in [0.2, 0.25) is 0 Å². The van der Waals surface area contributed by atoms with Crippen molar-refractivity contribution < 1.29 is 33.4 Å². The van der Waals surface area contributed by atoms with Crippen molar-refractivity contribution in [2.75, 3.05) is 31.1 Å². The molecular formula is C34H36N6O7. The molecule has 2 fully saturated rings. The van der Waals surface area contributed by atoms with Gasteiger partial charge in [0.2, 0.25) is 17.8 Å². The molecular weight excluding hydrogens is 604 g/mol. The minimum Gasteiger partial charge on any atom is -0.494 e. The van der Waals surface area contributed by atoms with Gasteiger partial charge < -0.3 is 14.4 Å². The molecule has 1 unspecified atom stereocenters. The van der Waals surface area contributed by atoms with E-state index in [2.05, 4.69) is 38.9 Å². The van der Waals surface area contributed by atoms with E-state index in [1.54, 1.807) is 18.2 Å². The number of nitrogens with one attached hydrogen (secondary N) is 1. The topological polar surface area (TPSA) is 151 Å². The van der Waals surface area contributed by atoms with Gasteiger partial charge in [-0.2, -0.15) is 0 Å². The quantitative estimate of drug-likeness (QED) is 0.198. The van der Waals surface area contributed by atoms with E-state index in [-0.39, 0.29) is 42.7 Å². The maximum atomic E-state index is 13.1. The summed E-state index contributed by atoms with van der Waals surface area (Å²) >= 11 is 0. The number of piperazine rings is 1. The smallest absolute Gasteiger partial charge is 0.341 e. The van der Waals surface area contributed by atoms with Crippen LogP contribution in [0.1, 0.15) is 69.7 Å². The fraction of sp³-hybridized carbons (Fsp3) is 0.382. The number of hydrogen-bond acceptors (Lipinski definition) is 11. The molecule has 0 radical (unpaired) electrons. The Morgan fingerprint density at radius 1 is 0.936 bits per heavy atom. The van der Waals surface area contributed by atoms with E-state index in [1.165, 1.54) is 12.4 Å². The van der Waals surface area contributed by atoms with Crippen LogP contribution in [0.5, 0.6) is 5.75 Å². The molecule has 4 amide bonds. The van der Waals surface area contributed by atoms with Crippen LogP contribution in [0.4, 0.5) is 5.95 Å². The Morgan fingerprint density at radius 3 is 2.34 bits per heavy atom. The Kier molecular flexibility index (Phi) is 9.25. The van der Waals surface area contributed by atoms with Crippen molar-refractivity contribution in [2.45, 2.75) is 57.8 Å². The van der Waals surface area contributed by atoms with Gasteiger partial charge in [-0.15, -0.1) is 0 Å². The first-order valence-corrected chi connectivity index (χ1v) is 15.7. The zero-order valence-corrected chi connectivity index (χ0v) is 26.3. The average molecular weight is 641 g/mol. The average Bonchev–Trinajstić information content (AvgIpc) is 3.31. The summed E-state index contributed by atoms with van der Waals surface area (Å²) in [5, 5.41) is 2.20. The number of ether oxygens (including phenoxy) is 2. The van der Waals surface area contributed by atoms with Gasteiger partial charge in [0.05, 0.1) is 23.3 Å². The van der Waals surface area contributed by atoms with E-state index >= 15 is 0 Å². The van der Waals surface area contributed by atoms with Gasteiger partial charge in [-0.05, 0) is 50.5 Å². The van der Waals surface area contributed by atoms with Crippen LogP contribution in [-0.2, 0) is 20.9 Å². The van der Waals surface area contributed by atoms with E-state index < -0.39 is 35.6 Å². The molecule has 244 valence electrons. The second kappa shape index (κ2) is 13.7. The van der Waals surface area contributed by atoms with Gasteiger partial charge in [0.15, 0.2) is 0 Å². The van der Waals surface area contributed by atoms with Gasteiger partial charge >= 0.3 is 5.97 Å². The molecule has 3 atom stereocenters. The molecule has 1 N–H and O–H groups in total. The van der Waals surface area contributed by atoms with Gasteiger partial charge in [-0.25, -0.2) is 14.8 Å². The largest absolute Gasteiger partial charge is 0.494 e. The lowest BCUT2D eigenvalue weighted by molar-refractivity contribution is -0.136. The maximum Gasteiger partial charge on any atom is 0.341 e. The summed E-state index contributed by atoms with van der Waals surface area (Å²) in [7, 11) is 0. The molecule has 0 spiro atoms. The summed E-state index contributed by atoms with van der Waals surface area (Å²) in [5.41, 5.74) is 1.61. The fourth-order valence-corrected chi connectivity index (χ4v) is 6.33. The second-order valence-corrected chi connectivity index (χ2v) is 12.0. The zero-order valence-electron chi connectivity index (χ0n) is 26.3. The molecule has 3 aliphatic heterocycles. The SMILES string of the molecule is C[C@@H]1CN(c2ncc(C(=O)OCc3ccccc3)cn2)C[C@H](C)N1CCCOc1ccc2c(c1)C(=O)N(C1CCC(=O)NC1=O)C2=O. The van der Waals surface area contributed by atoms with Gasteiger partial charge in [0, 0.05) is 50.5 Å². The number of anilines is 1. The highest BCUT2D eigenvalue weighted by Crippen LogP contribution is 2.30. The summed E-state index contributed by atoms with van der Waals surface area (Å²) in [6.45, 7) is 7.10. The summed E-state index contributed by atoms with van der Waals surface area (Å²) in [6, 6.07) is 13.6. The van der Waals surface area contributed by atoms with Crippen molar-refractivity contribution >= 4 is 35.5 Å². The zero-order chi connectivity index (χ0) is 33.1. The Balaban J connectivity index is 0.971. The number of nitrogens with zero attached hydrogens (tertiary/aromatic N) is 5. The number of benzene rings is 2. The maximum absolute atomic E-state index is 13.1. The normalized spacial score (nSPS) is 21.4. The third-order valence-corrected chi connectivity index (χ3v) is 8.71. The molecule has 1 aromatic heterocycles. The number of rotatable bonds is 10. The van der Waals surface area contributed by atoms with Crippen LogP contribution in [0.3, 0.4) is 0 Å². The number of carbonyl (C=O) groups is 5. The number of carbonyl (C=O) groups excluding carboxylic acids is 5. The van der Waals surface area contributed by atoms with Crippen LogP contribution < -0.4 is 15.0 Å². The minimum absolute atomic E-state index is 0.0687. The standard InChI is InChI=1S/C34H36N6O7/c1-21-18-38(34-35-16-24(17-36-34)33(45)47-20-23-7-4-3-5-8-23)19-22(2)39(21)13-6-14-46-25-9-10-26-27(15-25)32(44)40(31(26)43)28-11-12-29(41)37-30(28)42/h3-5,7-10,15-17,21-22,28H,6,11-14,18-20H2,1-2H3,(H,37,41,42)/t21-,22+,28?. The van der Waals surface area contributed by atoms with Crippen LogP contribution in [0.15, 0.2) is 60.9 Å². The van der Waals surface area contributed by atoms with Crippen molar-refractivity contribution in [2.24, 2.45) is 0 Å². The molecule has 13 nitrogen and oxygen atoms in total. The van der Waals surface area contributed by atoms with Gasteiger partial charge in [0.25, 0.3) is 11.8 Å². The number of fused-ring (bicyclic) bond motifs is 1. The summed E-state index contributed by atoms with van der Waals surface area (Å²) in [4.78, 5) is 76.6. The van der Waals surface area contributed by atoms with E-state index in [1.807, 2.05) is 30.3 Å². The van der Waals surface area contributed by atoms with Gasteiger partial charge in [0.1, 0.15) is 18.4 Å². The molecule has 0 saturated carbocycles. The van der Waals surface area contributed by atoms with E-state index in [0.29, 0.717) is 37.0 Å². The third-order valence-electron chi connectivity index (χ3n) is 8.71. The van der Waals surface area contributed by atoms with Crippen molar-refractivity contribution in [3.05, 3.63) is 83.2 Å². The lowest BCUT2D eigenvalue weighted by Gasteiger charge is -2.44. The highest BCUT2D eigenvalue weighted by molar-refractivity contribution is 6.23. The lowest BCUT2D eigenvalue weighted by Crippen LogP contribution is -2.57. The predicted octanol–water partition coefficient (Wildman–Crippen LogP) is 2.60. The van der Waals surface area contributed by atoms with Crippen LogP contribution >= 0.6 is 0 Å². The van der Waals surface area contributed by atoms with Crippen molar-refractivity contribution in [3.8, 4) is 5.75 Å². The summed E-state index contributed by atoms with van der Waals surface area (Å²) < 4.78 is 11.3. The van der Waals surface area contributed by atoms with Crippen LogP contribution in [0.25, 0.3) is 0 Å². The predicted molar refractivity (Wildman–Crippen MR) is 169 cm³/mol. The highest BCUT2D eigenvalue weighted by Gasteiger charge is 2.44. The molecule has 4 heterocycles. The van der Waals surface area contributed by atoms with E-state index in [4.69, 9.17) is 9.47 Å². The number of hydrogen-bond donors (Lipinski definition) is 1. The number of imide groups is 2. The second-order valence-electron chi connectivity index (χ2n) is 12.0. The highest BCUT2D eigenvalue weighted by atomic mass is 16.5. The Hall–Kier alpha value is -5.17. The Bertz CT molecular complexity index is 1670. The molecule has 13 heteroatoms. The molecule has 3 aliphatic rings. The van der Waals surface area contributed by atoms with Crippen LogP contribution in [0, 0.1) is 0 Å². The monoisotopic (exact) mass is 640 g/mol. The number of amides is 4. The third kappa shape index (κ3) is 6.85. The Labute approximate surface area is 271 Å². The number of piperidine rings is 1. The lowest BCUT2D eigenvalue weighted by atomic mass is 10.0. The number of esters is 1. The van der Waals surface area contributed by atoms with Crippen LogP contribution in [-0.4, -0.2) is 93.7 Å². The summed E-state index contributed by atoms with van der Waals surface area (Å²) in [5.74, 6) is -1.61. The van der Waals surface area contributed by atoms with Crippen molar-refractivity contribution in [1.82, 2.24) is 25.1 Å². The van der Waals surface area contributed by atoms with Crippen molar-refractivity contribution in [3.63, 3.8) is 0 Å². The molecule has 2 saturated heterocycles. The first-order chi connectivity index (χ1) is 22.7. The molecule has 47 heavy (non-hydrogen) atoms. The van der Waals surface area contributed by atoms with Gasteiger partial charge in [-0.3, -0.25) is 34.3 Å². The van der Waals surface area contributed by atoms with E-state index in [0.717, 1.165) is 23.4 Å². The molecule has 0 aliphatic carbocycles. The first-order valence-electron chi connectivity index (χ1n) is 15.7. The molecule has 3 aromatic rings. The summed E-state index contributed by atoms with van der Waals surface area (Å²) in [6.07, 6.45) is 3.92. The number of aromatic nitrogens is 2. The minimum atomic E-state index is -1.01. The molecule has 2 aromatic carbocycles. The molecule has 6 rings (SSSR count). The van der Waals surface area contributed by atoms with E-state index in [9.17, 15) is 24.0 Å². The molecule has 0 bridgehead atoms. The van der Waals surface area contributed by atoms with Gasteiger partial charge in [-0.1, -0.05) is 30.3 Å².